The number of hydrogen-bond acceptors (Lipinski definition) is 2. The SMILES string of the molecule is Cc1cc(C)c(-c2cnc(CCCN)[nH]2)c(C)c1. The van der Waals surface area contributed by atoms with Crippen molar-refractivity contribution in [1.29, 1.82) is 0 Å². The van der Waals surface area contributed by atoms with Crippen molar-refractivity contribution in [3.8, 4) is 11.3 Å². The zero-order chi connectivity index (χ0) is 13.1. The van der Waals surface area contributed by atoms with E-state index in [0.717, 1.165) is 24.4 Å². The number of hydrogen-bond donors (Lipinski definition) is 2. The summed E-state index contributed by atoms with van der Waals surface area (Å²) in [5, 5.41) is 0. The Bertz CT molecular complexity index is 517. The quantitative estimate of drug-likeness (QED) is 0.867. The molecule has 0 aliphatic heterocycles. The molecule has 3 nitrogen and oxygen atoms in total. The van der Waals surface area contributed by atoms with Crippen molar-refractivity contribution in [3.05, 3.63) is 40.8 Å². The summed E-state index contributed by atoms with van der Waals surface area (Å²) in [7, 11) is 0. The first-order valence-corrected chi connectivity index (χ1v) is 6.44. The lowest BCUT2D eigenvalue weighted by atomic mass is 9.98. The molecule has 1 heterocycles. The molecule has 3 heteroatoms. The molecule has 0 aliphatic carbocycles. The largest absolute Gasteiger partial charge is 0.342 e. The predicted octanol–water partition coefficient (Wildman–Crippen LogP) is 2.89. The summed E-state index contributed by atoms with van der Waals surface area (Å²) in [6.45, 7) is 7.13. The molecule has 0 saturated heterocycles. The van der Waals surface area contributed by atoms with Gasteiger partial charge < -0.3 is 10.7 Å². The maximum absolute atomic E-state index is 5.52. The fraction of sp³-hybridized carbons (Fsp3) is 0.400. The van der Waals surface area contributed by atoms with Crippen LogP contribution in [0.5, 0.6) is 0 Å². The van der Waals surface area contributed by atoms with Gasteiger partial charge >= 0.3 is 0 Å². The molecule has 2 rings (SSSR count). The number of nitrogens with one attached hydrogen (secondary N) is 1. The highest BCUT2D eigenvalue weighted by Gasteiger charge is 2.09. The lowest BCUT2D eigenvalue weighted by Gasteiger charge is -2.09. The van der Waals surface area contributed by atoms with Gasteiger partial charge in [0, 0.05) is 12.0 Å². The van der Waals surface area contributed by atoms with Crippen molar-refractivity contribution >= 4 is 0 Å². The van der Waals surface area contributed by atoms with Crippen molar-refractivity contribution in [2.24, 2.45) is 5.73 Å². The van der Waals surface area contributed by atoms with Crippen molar-refractivity contribution in [2.45, 2.75) is 33.6 Å². The summed E-state index contributed by atoms with van der Waals surface area (Å²) in [6.07, 6.45) is 3.82. The van der Waals surface area contributed by atoms with Gasteiger partial charge in [-0.1, -0.05) is 17.7 Å². The molecule has 0 amide bonds. The number of nitrogens with zero attached hydrogens (tertiary/aromatic N) is 1. The van der Waals surface area contributed by atoms with Crippen molar-refractivity contribution in [2.75, 3.05) is 6.54 Å². The van der Waals surface area contributed by atoms with Crippen LogP contribution in [0.1, 0.15) is 28.9 Å². The highest BCUT2D eigenvalue weighted by molar-refractivity contribution is 5.67. The Hall–Kier alpha value is -1.61. The number of aromatic amines is 1. The molecule has 0 fully saturated rings. The molecule has 0 radical (unpaired) electrons. The van der Waals surface area contributed by atoms with Crippen LogP contribution in [0.3, 0.4) is 0 Å². The van der Waals surface area contributed by atoms with Gasteiger partial charge in [0.1, 0.15) is 5.82 Å². The molecule has 2 aromatic rings. The minimum atomic E-state index is 0.707. The second-order valence-corrected chi connectivity index (χ2v) is 4.91. The van der Waals surface area contributed by atoms with Gasteiger partial charge in [-0.05, 0) is 44.9 Å². The third kappa shape index (κ3) is 2.62. The monoisotopic (exact) mass is 243 g/mol. The van der Waals surface area contributed by atoms with E-state index in [9.17, 15) is 0 Å². The van der Waals surface area contributed by atoms with E-state index in [4.69, 9.17) is 5.73 Å². The molecule has 3 N–H and O–H groups in total. The first-order chi connectivity index (χ1) is 8.61. The zero-order valence-corrected chi connectivity index (χ0v) is 11.4. The third-order valence-electron chi connectivity index (χ3n) is 3.19. The molecule has 96 valence electrons. The van der Waals surface area contributed by atoms with E-state index < -0.39 is 0 Å². The first kappa shape index (κ1) is 12.8. The van der Waals surface area contributed by atoms with Gasteiger partial charge in [0.15, 0.2) is 0 Å². The standard InChI is InChI=1S/C15H21N3/c1-10-7-11(2)15(12(3)8-10)13-9-17-14(18-13)5-4-6-16/h7-9H,4-6,16H2,1-3H3,(H,17,18). The van der Waals surface area contributed by atoms with Crippen LogP contribution in [-0.2, 0) is 6.42 Å². The van der Waals surface area contributed by atoms with Crippen molar-refractivity contribution in [3.63, 3.8) is 0 Å². The van der Waals surface area contributed by atoms with Gasteiger partial charge in [0.05, 0.1) is 11.9 Å². The lowest BCUT2D eigenvalue weighted by molar-refractivity contribution is 0.794. The summed E-state index contributed by atoms with van der Waals surface area (Å²) in [5.41, 5.74) is 11.8. The molecule has 1 aromatic carbocycles. The average Bonchev–Trinajstić information content (AvgIpc) is 2.73. The maximum atomic E-state index is 5.52. The Kier molecular flexibility index (Phi) is 3.82. The molecule has 0 aliphatic rings. The van der Waals surface area contributed by atoms with Gasteiger partial charge in [-0.2, -0.15) is 0 Å². The minimum absolute atomic E-state index is 0.707. The molecular weight excluding hydrogens is 222 g/mol. The number of H-pyrrole nitrogens is 1. The van der Waals surface area contributed by atoms with Crippen LogP contribution in [0, 0.1) is 20.8 Å². The van der Waals surface area contributed by atoms with E-state index in [2.05, 4.69) is 42.9 Å². The third-order valence-corrected chi connectivity index (χ3v) is 3.19. The van der Waals surface area contributed by atoms with Crippen LogP contribution >= 0.6 is 0 Å². The molecule has 0 unspecified atom stereocenters. The number of nitrogens with two attached hydrogens (primary N) is 1. The Morgan fingerprint density at radius 1 is 1.17 bits per heavy atom. The van der Waals surface area contributed by atoms with Crippen LogP contribution in [0.15, 0.2) is 18.3 Å². The highest BCUT2D eigenvalue weighted by Crippen LogP contribution is 2.26. The Labute approximate surface area is 108 Å². The van der Waals surface area contributed by atoms with Crippen LogP contribution in [-0.4, -0.2) is 16.5 Å². The highest BCUT2D eigenvalue weighted by atomic mass is 14.9. The van der Waals surface area contributed by atoms with Gasteiger partial charge in [0.25, 0.3) is 0 Å². The second kappa shape index (κ2) is 5.36. The molecule has 0 atom stereocenters. The van der Waals surface area contributed by atoms with Crippen molar-refractivity contribution in [1.82, 2.24) is 9.97 Å². The average molecular weight is 243 g/mol. The fourth-order valence-electron chi connectivity index (χ4n) is 2.49. The summed E-state index contributed by atoms with van der Waals surface area (Å²) in [6, 6.07) is 4.42. The summed E-state index contributed by atoms with van der Waals surface area (Å²) < 4.78 is 0. The van der Waals surface area contributed by atoms with Gasteiger partial charge in [-0.25, -0.2) is 4.98 Å². The summed E-state index contributed by atoms with van der Waals surface area (Å²) in [5.74, 6) is 1.02. The van der Waals surface area contributed by atoms with Gasteiger partial charge in [-0.15, -0.1) is 0 Å². The molecule has 0 saturated carbocycles. The molecule has 0 bridgehead atoms. The second-order valence-electron chi connectivity index (χ2n) is 4.91. The summed E-state index contributed by atoms with van der Waals surface area (Å²) in [4.78, 5) is 7.82. The number of aromatic nitrogens is 2. The normalized spacial score (nSPS) is 10.9. The van der Waals surface area contributed by atoms with Crippen LogP contribution in [0.25, 0.3) is 11.3 Å². The van der Waals surface area contributed by atoms with Crippen LogP contribution in [0.2, 0.25) is 0 Å². The van der Waals surface area contributed by atoms with Crippen LogP contribution < -0.4 is 5.73 Å². The van der Waals surface area contributed by atoms with E-state index in [1.165, 1.54) is 22.3 Å². The van der Waals surface area contributed by atoms with Gasteiger partial charge in [-0.3, -0.25) is 0 Å². The first-order valence-electron chi connectivity index (χ1n) is 6.44. The van der Waals surface area contributed by atoms with Crippen molar-refractivity contribution < 1.29 is 0 Å². The number of rotatable bonds is 4. The Morgan fingerprint density at radius 3 is 2.44 bits per heavy atom. The number of aryl methyl sites for hydroxylation is 4. The molecule has 18 heavy (non-hydrogen) atoms. The van der Waals surface area contributed by atoms with E-state index in [1.54, 1.807) is 0 Å². The Morgan fingerprint density at radius 2 is 1.83 bits per heavy atom. The van der Waals surface area contributed by atoms with Crippen LogP contribution in [0.4, 0.5) is 0 Å². The number of imidazole rings is 1. The van der Waals surface area contributed by atoms with Gasteiger partial charge in [0.2, 0.25) is 0 Å². The fourth-order valence-corrected chi connectivity index (χ4v) is 2.49. The molecule has 1 aromatic heterocycles. The predicted molar refractivity (Wildman–Crippen MR) is 75.6 cm³/mol. The van der Waals surface area contributed by atoms with E-state index >= 15 is 0 Å². The zero-order valence-electron chi connectivity index (χ0n) is 11.4. The lowest BCUT2D eigenvalue weighted by Crippen LogP contribution is -2.01. The Balaban J connectivity index is 2.34. The van der Waals surface area contributed by atoms with E-state index in [-0.39, 0.29) is 0 Å². The molecule has 0 spiro atoms. The topological polar surface area (TPSA) is 54.7 Å². The van der Waals surface area contributed by atoms with E-state index in [0.29, 0.717) is 6.54 Å². The molecular formula is C15H21N3. The maximum Gasteiger partial charge on any atom is 0.106 e. The summed E-state index contributed by atoms with van der Waals surface area (Å²) >= 11 is 0. The smallest absolute Gasteiger partial charge is 0.106 e. The number of benzene rings is 1. The minimum Gasteiger partial charge on any atom is -0.342 e. The van der Waals surface area contributed by atoms with E-state index in [1.807, 2.05) is 6.20 Å².